The maximum absolute atomic E-state index is 2.70. The van der Waals surface area contributed by atoms with Crippen LogP contribution in [0.25, 0.3) is 0 Å². The van der Waals surface area contributed by atoms with Crippen LogP contribution in [0.15, 0.2) is 36.0 Å². The van der Waals surface area contributed by atoms with Gasteiger partial charge >= 0.3 is 0 Å². The van der Waals surface area contributed by atoms with E-state index in [9.17, 15) is 0 Å². The van der Waals surface area contributed by atoms with Crippen LogP contribution in [-0.4, -0.2) is 0 Å². The van der Waals surface area contributed by atoms with Gasteiger partial charge in [0.1, 0.15) is 0 Å². The summed E-state index contributed by atoms with van der Waals surface area (Å²) in [5, 5.41) is 0. The molecule has 0 amide bonds. The first-order valence-electron chi connectivity index (χ1n) is 12.9. The zero-order chi connectivity index (χ0) is 20.8. The summed E-state index contributed by atoms with van der Waals surface area (Å²) in [4.78, 5) is 0. The molecule has 1 unspecified atom stereocenters. The minimum Gasteiger partial charge on any atom is -0.0836 e. The highest BCUT2D eigenvalue weighted by molar-refractivity contribution is 5.39. The highest BCUT2D eigenvalue weighted by Crippen LogP contribution is 2.66. The van der Waals surface area contributed by atoms with Gasteiger partial charge in [-0.2, -0.15) is 0 Å². The summed E-state index contributed by atoms with van der Waals surface area (Å²) >= 11 is 0. The van der Waals surface area contributed by atoms with Crippen molar-refractivity contribution < 1.29 is 0 Å². The maximum atomic E-state index is 2.70. The van der Waals surface area contributed by atoms with E-state index >= 15 is 0 Å². The van der Waals surface area contributed by atoms with Gasteiger partial charge in [-0.25, -0.2) is 0 Å². The van der Waals surface area contributed by atoms with Gasteiger partial charge in [0.25, 0.3) is 0 Å². The Morgan fingerprint density at radius 2 is 1.83 bits per heavy atom. The Kier molecular flexibility index (Phi) is 5.95. The number of fused-ring (bicyclic) bond motifs is 5. The molecular weight excluding hydrogens is 348 g/mol. The van der Waals surface area contributed by atoms with Crippen molar-refractivity contribution in [2.75, 3.05) is 0 Å². The first-order valence-corrected chi connectivity index (χ1v) is 12.9. The van der Waals surface area contributed by atoms with Crippen LogP contribution in [0.1, 0.15) is 92.9 Å². The summed E-state index contributed by atoms with van der Waals surface area (Å²) in [5.41, 5.74) is 2.57. The minimum atomic E-state index is 0.394. The summed E-state index contributed by atoms with van der Waals surface area (Å²) in [6.45, 7) is 15.1. The molecule has 0 heteroatoms. The van der Waals surface area contributed by atoms with Crippen LogP contribution < -0.4 is 0 Å². The van der Waals surface area contributed by atoms with E-state index in [1.165, 1.54) is 51.4 Å². The lowest BCUT2D eigenvalue weighted by atomic mass is 9.48. The SMILES string of the molecule is CCC(CC[C@@H](C)[C@H]1CC[C@H]2[C@@H]3C=CC4=CC=CC[C@]4(C)[C@H]3CC[C@]12C)C(C)C. The van der Waals surface area contributed by atoms with Gasteiger partial charge in [-0.3, -0.25) is 0 Å². The molecule has 4 aliphatic carbocycles. The van der Waals surface area contributed by atoms with E-state index in [1.54, 1.807) is 5.57 Å². The fourth-order valence-electron chi connectivity index (χ4n) is 8.49. The topological polar surface area (TPSA) is 0 Å². The first-order chi connectivity index (χ1) is 13.8. The molecule has 0 bridgehead atoms. The molecule has 0 aromatic heterocycles. The summed E-state index contributed by atoms with van der Waals surface area (Å²) in [7, 11) is 0. The average molecular weight is 395 g/mol. The molecule has 4 rings (SSSR count). The summed E-state index contributed by atoms with van der Waals surface area (Å²) in [6.07, 6.45) is 23.6. The highest BCUT2D eigenvalue weighted by atomic mass is 14.6. The molecule has 8 atom stereocenters. The second-order valence-corrected chi connectivity index (χ2v) is 12.0. The Labute approximate surface area is 181 Å². The molecule has 0 radical (unpaired) electrons. The van der Waals surface area contributed by atoms with E-state index in [-0.39, 0.29) is 0 Å². The molecule has 0 aromatic rings. The van der Waals surface area contributed by atoms with Gasteiger partial charge in [-0.05, 0) is 96.4 Å². The molecule has 0 heterocycles. The Balaban J connectivity index is 1.49. The standard InChI is InChI=1S/C29H46/c1-7-22(20(2)3)12-11-21(4)25-15-16-26-24-14-13-23-10-8-9-18-28(23,5)27(24)17-19-29(25,26)6/h8-10,13-14,20-22,24-27H,7,11-12,15-19H2,1-6H3/t21-,22?,24+,25-,26+,27+,28+,29-/m1/s1. The lowest BCUT2D eigenvalue weighted by molar-refractivity contribution is -0.0227. The fraction of sp³-hybridized carbons (Fsp3) is 0.793. The van der Waals surface area contributed by atoms with Crippen molar-refractivity contribution in [1.29, 1.82) is 0 Å². The predicted molar refractivity (Wildman–Crippen MR) is 127 cm³/mol. The summed E-state index contributed by atoms with van der Waals surface area (Å²) < 4.78 is 0. The van der Waals surface area contributed by atoms with Gasteiger partial charge < -0.3 is 0 Å². The Morgan fingerprint density at radius 3 is 2.55 bits per heavy atom. The average Bonchev–Trinajstić information content (AvgIpc) is 3.05. The van der Waals surface area contributed by atoms with Crippen LogP contribution in [0.4, 0.5) is 0 Å². The van der Waals surface area contributed by atoms with Gasteiger partial charge in [0.15, 0.2) is 0 Å². The third kappa shape index (κ3) is 3.51. The third-order valence-electron chi connectivity index (χ3n) is 10.5. The van der Waals surface area contributed by atoms with Crippen molar-refractivity contribution in [2.45, 2.75) is 92.9 Å². The van der Waals surface area contributed by atoms with Gasteiger partial charge in [0.05, 0.1) is 0 Å². The van der Waals surface area contributed by atoms with Gasteiger partial charge in [-0.1, -0.05) is 84.8 Å². The molecule has 0 spiro atoms. The largest absolute Gasteiger partial charge is 0.0836 e. The molecule has 0 N–H and O–H groups in total. The number of hydrogen-bond acceptors (Lipinski definition) is 0. The molecule has 2 fully saturated rings. The molecule has 162 valence electrons. The van der Waals surface area contributed by atoms with Gasteiger partial charge in [0, 0.05) is 0 Å². The zero-order valence-corrected chi connectivity index (χ0v) is 20.1. The summed E-state index contributed by atoms with van der Waals surface area (Å²) in [5.74, 6) is 6.20. The normalized spacial score (nSPS) is 42.8. The monoisotopic (exact) mass is 394 g/mol. The van der Waals surface area contributed by atoms with E-state index in [1.807, 2.05) is 0 Å². The molecule has 0 nitrogen and oxygen atoms in total. The highest BCUT2D eigenvalue weighted by Gasteiger charge is 2.58. The molecule has 0 saturated heterocycles. The van der Waals surface area contributed by atoms with Crippen LogP contribution in [0, 0.1) is 52.3 Å². The Hall–Kier alpha value is -0.780. The molecule has 29 heavy (non-hydrogen) atoms. The second kappa shape index (κ2) is 8.05. The van der Waals surface area contributed by atoms with Gasteiger partial charge in [0.2, 0.25) is 0 Å². The number of hydrogen-bond donors (Lipinski definition) is 0. The van der Waals surface area contributed by atoms with Gasteiger partial charge in [-0.15, -0.1) is 0 Å². The lowest BCUT2D eigenvalue weighted by Crippen LogP contribution is -2.48. The smallest absolute Gasteiger partial charge is 0.000690 e. The minimum absolute atomic E-state index is 0.394. The van der Waals surface area contributed by atoms with E-state index < -0.39 is 0 Å². The van der Waals surface area contributed by atoms with Crippen molar-refractivity contribution >= 4 is 0 Å². The molecular formula is C29H46. The zero-order valence-electron chi connectivity index (χ0n) is 20.1. The van der Waals surface area contributed by atoms with Crippen LogP contribution >= 0.6 is 0 Å². The van der Waals surface area contributed by atoms with Crippen molar-refractivity contribution in [3.8, 4) is 0 Å². The van der Waals surface area contributed by atoms with Crippen molar-refractivity contribution in [2.24, 2.45) is 52.3 Å². The number of allylic oxidation sites excluding steroid dienone is 6. The molecule has 2 saturated carbocycles. The summed E-state index contributed by atoms with van der Waals surface area (Å²) in [6, 6.07) is 0. The van der Waals surface area contributed by atoms with Crippen LogP contribution in [0.3, 0.4) is 0 Å². The lowest BCUT2D eigenvalue weighted by Gasteiger charge is -2.56. The molecule has 0 aromatic carbocycles. The quantitative estimate of drug-likeness (QED) is 0.423. The molecule has 4 aliphatic rings. The van der Waals surface area contributed by atoms with Crippen LogP contribution in [-0.2, 0) is 0 Å². The predicted octanol–water partition coefficient (Wildman–Crippen LogP) is 8.61. The fourth-order valence-corrected chi connectivity index (χ4v) is 8.49. The molecule has 0 aliphatic heterocycles. The van der Waals surface area contributed by atoms with E-state index in [4.69, 9.17) is 0 Å². The first kappa shape index (κ1) is 21.5. The van der Waals surface area contributed by atoms with E-state index in [0.29, 0.717) is 10.8 Å². The second-order valence-electron chi connectivity index (χ2n) is 12.0. The Bertz CT molecular complexity index is 678. The van der Waals surface area contributed by atoms with Crippen LogP contribution in [0.5, 0.6) is 0 Å². The Morgan fingerprint density at radius 1 is 1.03 bits per heavy atom. The third-order valence-corrected chi connectivity index (χ3v) is 10.5. The van der Waals surface area contributed by atoms with E-state index in [2.05, 4.69) is 71.9 Å². The maximum Gasteiger partial charge on any atom is -0.000690 e. The van der Waals surface area contributed by atoms with Crippen molar-refractivity contribution in [3.63, 3.8) is 0 Å². The van der Waals surface area contributed by atoms with Crippen molar-refractivity contribution in [3.05, 3.63) is 36.0 Å². The van der Waals surface area contributed by atoms with Crippen LogP contribution in [0.2, 0.25) is 0 Å². The number of rotatable bonds is 6. The van der Waals surface area contributed by atoms with E-state index in [0.717, 1.165) is 41.4 Å². The van der Waals surface area contributed by atoms with Crippen molar-refractivity contribution in [1.82, 2.24) is 0 Å².